The van der Waals surface area contributed by atoms with Crippen LogP contribution in [0.15, 0.2) is 18.3 Å². The van der Waals surface area contributed by atoms with Crippen LogP contribution in [0, 0.1) is 11.3 Å². The van der Waals surface area contributed by atoms with Crippen LogP contribution in [0.3, 0.4) is 0 Å². The molecule has 2 rings (SSSR count). The lowest BCUT2D eigenvalue weighted by Crippen LogP contribution is -2.44. The SMILES string of the molecule is CNC1CCCN(c2cccnc2C#N)C1. The molecule has 0 bridgehead atoms. The lowest BCUT2D eigenvalue weighted by Gasteiger charge is -2.34. The van der Waals surface area contributed by atoms with Gasteiger partial charge in [0.05, 0.1) is 5.69 Å². The molecule has 84 valence electrons. The van der Waals surface area contributed by atoms with Gasteiger partial charge in [0.15, 0.2) is 5.69 Å². The van der Waals surface area contributed by atoms with Crippen molar-refractivity contribution in [2.75, 3.05) is 25.0 Å². The molecule has 0 saturated carbocycles. The van der Waals surface area contributed by atoms with Gasteiger partial charge in [-0.2, -0.15) is 5.26 Å². The number of likely N-dealkylation sites (N-methyl/N-ethyl adjacent to an activating group) is 1. The summed E-state index contributed by atoms with van der Waals surface area (Å²) >= 11 is 0. The molecule has 2 heterocycles. The number of pyridine rings is 1. The first-order chi connectivity index (χ1) is 7.85. The van der Waals surface area contributed by atoms with Crippen LogP contribution in [-0.4, -0.2) is 31.2 Å². The molecule has 1 aliphatic heterocycles. The van der Waals surface area contributed by atoms with Crippen LogP contribution in [-0.2, 0) is 0 Å². The fraction of sp³-hybridized carbons (Fsp3) is 0.500. The molecule has 1 N–H and O–H groups in total. The van der Waals surface area contributed by atoms with Crippen molar-refractivity contribution in [2.45, 2.75) is 18.9 Å². The van der Waals surface area contributed by atoms with E-state index in [1.807, 2.05) is 19.2 Å². The van der Waals surface area contributed by atoms with Crippen molar-refractivity contribution < 1.29 is 0 Å². The first kappa shape index (κ1) is 10.9. The van der Waals surface area contributed by atoms with Crippen molar-refractivity contribution in [1.29, 1.82) is 5.26 Å². The number of aromatic nitrogens is 1. The molecule has 0 spiro atoms. The van der Waals surface area contributed by atoms with Gasteiger partial charge >= 0.3 is 0 Å². The molecular weight excluding hydrogens is 200 g/mol. The van der Waals surface area contributed by atoms with E-state index in [9.17, 15) is 0 Å². The van der Waals surface area contributed by atoms with Gasteiger partial charge in [-0.25, -0.2) is 4.98 Å². The van der Waals surface area contributed by atoms with Crippen LogP contribution in [0.2, 0.25) is 0 Å². The zero-order valence-electron chi connectivity index (χ0n) is 9.48. The van der Waals surface area contributed by atoms with Gasteiger partial charge in [0, 0.05) is 25.3 Å². The summed E-state index contributed by atoms with van der Waals surface area (Å²) in [5, 5.41) is 12.3. The number of hydrogen-bond donors (Lipinski definition) is 1. The van der Waals surface area contributed by atoms with Crippen LogP contribution in [0.5, 0.6) is 0 Å². The highest BCUT2D eigenvalue weighted by molar-refractivity contribution is 5.56. The zero-order chi connectivity index (χ0) is 11.4. The van der Waals surface area contributed by atoms with Crippen LogP contribution in [0.4, 0.5) is 5.69 Å². The monoisotopic (exact) mass is 216 g/mol. The predicted molar refractivity (Wildman–Crippen MR) is 63.2 cm³/mol. The Balaban J connectivity index is 2.20. The minimum atomic E-state index is 0.514. The Labute approximate surface area is 95.9 Å². The Morgan fingerprint density at radius 1 is 1.62 bits per heavy atom. The summed E-state index contributed by atoms with van der Waals surface area (Å²) in [4.78, 5) is 6.35. The normalized spacial score (nSPS) is 20.5. The highest BCUT2D eigenvalue weighted by atomic mass is 15.2. The van der Waals surface area contributed by atoms with Crippen molar-refractivity contribution in [2.24, 2.45) is 0 Å². The van der Waals surface area contributed by atoms with Crippen molar-refractivity contribution in [3.63, 3.8) is 0 Å². The molecule has 1 fully saturated rings. The Morgan fingerprint density at radius 2 is 2.50 bits per heavy atom. The maximum absolute atomic E-state index is 9.02. The van der Waals surface area contributed by atoms with Crippen LogP contribution >= 0.6 is 0 Å². The lowest BCUT2D eigenvalue weighted by atomic mass is 10.0. The number of nitrogens with zero attached hydrogens (tertiary/aromatic N) is 3. The average molecular weight is 216 g/mol. The number of piperidine rings is 1. The molecule has 4 heteroatoms. The standard InChI is InChI=1S/C12H16N4/c1-14-10-4-3-7-16(9-10)12-5-2-6-15-11(12)8-13/h2,5-6,10,14H,3-4,7,9H2,1H3. The molecule has 1 aliphatic rings. The van der Waals surface area contributed by atoms with E-state index < -0.39 is 0 Å². The predicted octanol–water partition coefficient (Wildman–Crippen LogP) is 1.14. The second-order valence-electron chi connectivity index (χ2n) is 4.06. The smallest absolute Gasteiger partial charge is 0.163 e. The second-order valence-corrected chi connectivity index (χ2v) is 4.06. The summed E-state index contributed by atoms with van der Waals surface area (Å²) in [6, 6.07) is 6.53. The quantitative estimate of drug-likeness (QED) is 0.805. The molecule has 16 heavy (non-hydrogen) atoms. The number of rotatable bonds is 2. The number of nitrogens with one attached hydrogen (secondary N) is 1. The van der Waals surface area contributed by atoms with Crippen molar-refractivity contribution >= 4 is 5.69 Å². The summed E-state index contributed by atoms with van der Waals surface area (Å²) < 4.78 is 0. The summed E-state index contributed by atoms with van der Waals surface area (Å²) in [6.07, 6.45) is 4.03. The van der Waals surface area contributed by atoms with Crippen LogP contribution in [0.1, 0.15) is 18.5 Å². The molecule has 1 unspecified atom stereocenters. The number of hydrogen-bond acceptors (Lipinski definition) is 4. The van der Waals surface area contributed by atoms with Gasteiger partial charge in [0.2, 0.25) is 0 Å². The third-order valence-electron chi connectivity index (χ3n) is 3.06. The number of nitriles is 1. The zero-order valence-corrected chi connectivity index (χ0v) is 9.48. The fourth-order valence-corrected chi connectivity index (χ4v) is 2.17. The Bertz CT molecular complexity index is 396. The molecule has 0 radical (unpaired) electrons. The van der Waals surface area contributed by atoms with Crippen molar-refractivity contribution in [3.05, 3.63) is 24.0 Å². The van der Waals surface area contributed by atoms with E-state index in [0.29, 0.717) is 11.7 Å². The molecule has 1 saturated heterocycles. The third kappa shape index (κ3) is 2.15. The van der Waals surface area contributed by atoms with E-state index in [1.54, 1.807) is 6.20 Å². The van der Waals surface area contributed by atoms with Gasteiger partial charge < -0.3 is 10.2 Å². The summed E-state index contributed by atoms with van der Waals surface area (Å²) in [5.41, 5.74) is 1.49. The fourth-order valence-electron chi connectivity index (χ4n) is 2.17. The van der Waals surface area contributed by atoms with Gasteiger partial charge in [-0.05, 0) is 32.0 Å². The average Bonchev–Trinajstić information content (AvgIpc) is 2.38. The second kappa shape index (κ2) is 4.95. The van der Waals surface area contributed by atoms with E-state index in [0.717, 1.165) is 25.2 Å². The molecule has 0 aromatic carbocycles. The third-order valence-corrected chi connectivity index (χ3v) is 3.06. The van der Waals surface area contributed by atoms with Crippen LogP contribution < -0.4 is 10.2 Å². The highest BCUT2D eigenvalue weighted by Crippen LogP contribution is 2.21. The van der Waals surface area contributed by atoms with E-state index in [2.05, 4.69) is 21.3 Å². The topological polar surface area (TPSA) is 52.0 Å². The lowest BCUT2D eigenvalue weighted by molar-refractivity contribution is 0.449. The molecule has 1 aromatic heterocycles. The van der Waals surface area contributed by atoms with Gasteiger partial charge in [-0.1, -0.05) is 0 Å². The first-order valence-corrected chi connectivity index (χ1v) is 5.62. The molecule has 4 nitrogen and oxygen atoms in total. The van der Waals surface area contributed by atoms with E-state index >= 15 is 0 Å². The Hall–Kier alpha value is -1.60. The number of anilines is 1. The van der Waals surface area contributed by atoms with E-state index in [4.69, 9.17) is 5.26 Å². The maximum Gasteiger partial charge on any atom is 0.163 e. The molecule has 1 atom stereocenters. The summed E-state index contributed by atoms with van der Waals surface area (Å²) in [5.74, 6) is 0. The molecule has 0 amide bonds. The van der Waals surface area contributed by atoms with Gasteiger partial charge in [0.25, 0.3) is 0 Å². The van der Waals surface area contributed by atoms with E-state index in [-0.39, 0.29) is 0 Å². The van der Waals surface area contributed by atoms with Gasteiger partial charge in [-0.3, -0.25) is 0 Å². The van der Waals surface area contributed by atoms with Gasteiger partial charge in [-0.15, -0.1) is 0 Å². The minimum Gasteiger partial charge on any atom is -0.368 e. The van der Waals surface area contributed by atoms with Crippen molar-refractivity contribution in [3.8, 4) is 6.07 Å². The maximum atomic E-state index is 9.02. The van der Waals surface area contributed by atoms with Crippen LogP contribution in [0.25, 0.3) is 0 Å². The summed E-state index contributed by atoms with van der Waals surface area (Å²) in [7, 11) is 1.99. The highest BCUT2D eigenvalue weighted by Gasteiger charge is 2.20. The largest absolute Gasteiger partial charge is 0.368 e. The Morgan fingerprint density at radius 3 is 3.25 bits per heavy atom. The first-order valence-electron chi connectivity index (χ1n) is 5.62. The van der Waals surface area contributed by atoms with E-state index in [1.165, 1.54) is 6.42 Å². The van der Waals surface area contributed by atoms with Gasteiger partial charge in [0.1, 0.15) is 6.07 Å². The molecule has 1 aromatic rings. The Kier molecular flexibility index (Phi) is 3.37. The minimum absolute atomic E-state index is 0.514. The molecular formula is C12H16N4. The molecule has 0 aliphatic carbocycles. The summed E-state index contributed by atoms with van der Waals surface area (Å²) in [6.45, 7) is 1.97. The van der Waals surface area contributed by atoms with Crippen molar-refractivity contribution in [1.82, 2.24) is 10.3 Å².